The molecule has 166 valence electrons. The molecule has 2 fully saturated rings. The fraction of sp³-hybridized carbons (Fsp3) is 0.727. The number of hydrogen-bond acceptors (Lipinski definition) is 5. The summed E-state index contributed by atoms with van der Waals surface area (Å²) < 4.78 is 39.0. The summed E-state index contributed by atoms with van der Waals surface area (Å²) in [5.74, 6) is 0.916. The van der Waals surface area contributed by atoms with Gasteiger partial charge >= 0.3 is 6.09 Å². The Morgan fingerprint density at radius 2 is 1.97 bits per heavy atom. The lowest BCUT2D eigenvalue weighted by Gasteiger charge is -2.43. The van der Waals surface area contributed by atoms with Crippen molar-refractivity contribution < 1.29 is 23.0 Å². The van der Waals surface area contributed by atoms with Gasteiger partial charge in [-0.3, -0.25) is 0 Å². The molecule has 1 amide bonds. The van der Waals surface area contributed by atoms with Crippen molar-refractivity contribution in [3.63, 3.8) is 0 Å². The third-order valence-corrected chi connectivity index (χ3v) is 6.09. The van der Waals surface area contributed by atoms with Crippen LogP contribution in [0.5, 0.6) is 0 Å². The maximum atomic E-state index is 13.9. The van der Waals surface area contributed by atoms with Crippen LogP contribution >= 0.6 is 0 Å². The zero-order valence-corrected chi connectivity index (χ0v) is 18.3. The predicted molar refractivity (Wildman–Crippen MR) is 109 cm³/mol. The summed E-state index contributed by atoms with van der Waals surface area (Å²) in [4.78, 5) is 20.9. The maximum Gasteiger partial charge on any atom is 0.410 e. The summed E-state index contributed by atoms with van der Waals surface area (Å²) in [6.45, 7) is 8.50. The number of methoxy groups -OCH3 is 1. The lowest BCUT2D eigenvalue weighted by atomic mass is 9.99. The first-order valence-corrected chi connectivity index (χ1v) is 10.7. The van der Waals surface area contributed by atoms with Crippen LogP contribution < -0.4 is 4.90 Å². The van der Waals surface area contributed by atoms with Crippen molar-refractivity contribution in [2.45, 2.75) is 77.2 Å². The molecule has 4 rings (SSSR count). The Morgan fingerprint density at radius 3 is 2.53 bits per heavy atom. The molecule has 0 bridgehead atoms. The molecule has 1 saturated carbocycles. The summed E-state index contributed by atoms with van der Waals surface area (Å²) in [5.41, 5.74) is 0.747. The first-order valence-electron chi connectivity index (χ1n) is 10.7. The van der Waals surface area contributed by atoms with Crippen molar-refractivity contribution in [1.82, 2.24) is 9.88 Å². The number of pyridine rings is 1. The number of carbonyl (C=O) groups is 1. The van der Waals surface area contributed by atoms with E-state index in [-0.39, 0.29) is 35.9 Å². The van der Waals surface area contributed by atoms with Crippen molar-refractivity contribution in [1.29, 1.82) is 0 Å². The van der Waals surface area contributed by atoms with Crippen LogP contribution in [0.4, 0.5) is 19.4 Å². The van der Waals surface area contributed by atoms with E-state index < -0.39 is 12.0 Å². The van der Waals surface area contributed by atoms with E-state index in [0.717, 1.165) is 18.4 Å². The number of rotatable bonds is 4. The van der Waals surface area contributed by atoms with Gasteiger partial charge < -0.3 is 19.3 Å². The third kappa shape index (κ3) is 3.98. The molecule has 30 heavy (non-hydrogen) atoms. The number of halogens is 2. The van der Waals surface area contributed by atoms with Crippen LogP contribution in [0.1, 0.15) is 69.9 Å². The molecule has 0 radical (unpaired) electrons. The van der Waals surface area contributed by atoms with Crippen molar-refractivity contribution >= 4 is 11.9 Å². The quantitative estimate of drug-likeness (QED) is 0.714. The zero-order chi connectivity index (χ0) is 21.8. The van der Waals surface area contributed by atoms with E-state index in [1.807, 2.05) is 33.8 Å². The van der Waals surface area contributed by atoms with Gasteiger partial charge in [0.2, 0.25) is 0 Å². The van der Waals surface area contributed by atoms with Crippen LogP contribution in [-0.2, 0) is 15.9 Å². The van der Waals surface area contributed by atoms with Crippen molar-refractivity contribution in [2.75, 3.05) is 25.1 Å². The van der Waals surface area contributed by atoms with Crippen LogP contribution in [0, 0.1) is 5.92 Å². The number of anilines is 1. The van der Waals surface area contributed by atoms with Crippen molar-refractivity contribution in [3.8, 4) is 0 Å². The fourth-order valence-corrected chi connectivity index (χ4v) is 4.78. The summed E-state index contributed by atoms with van der Waals surface area (Å²) in [6.07, 6.45) is -0.660. The Labute approximate surface area is 176 Å². The Hall–Kier alpha value is -1.96. The molecule has 8 heteroatoms. The minimum atomic E-state index is -2.65. The van der Waals surface area contributed by atoms with E-state index in [9.17, 15) is 13.6 Å². The molecular weight excluding hydrogens is 392 g/mol. The maximum absolute atomic E-state index is 13.9. The van der Waals surface area contributed by atoms with Gasteiger partial charge in [0, 0.05) is 31.8 Å². The molecule has 3 atom stereocenters. The van der Waals surface area contributed by atoms with E-state index >= 15 is 0 Å². The number of fused-ring (bicyclic) bond motifs is 3. The summed E-state index contributed by atoms with van der Waals surface area (Å²) in [7, 11) is 1.58. The number of carbonyl (C=O) groups excluding carboxylic acids is 1. The SMILES string of the molecule is COC(c1cc2c(nc1C(F)F)N1[C@H](C2)CN(C(=O)OC(C)(C)C)C[C@H]1C)C1CC1. The lowest BCUT2D eigenvalue weighted by Crippen LogP contribution is -2.58. The number of ether oxygens (including phenoxy) is 2. The fourth-order valence-electron chi connectivity index (χ4n) is 4.78. The van der Waals surface area contributed by atoms with Crippen molar-refractivity contribution in [2.24, 2.45) is 5.92 Å². The second-order valence-corrected chi connectivity index (χ2v) is 9.74. The highest BCUT2D eigenvalue weighted by Crippen LogP contribution is 2.47. The van der Waals surface area contributed by atoms with Crippen LogP contribution in [0.2, 0.25) is 0 Å². The highest BCUT2D eigenvalue weighted by atomic mass is 19.3. The van der Waals surface area contributed by atoms with Gasteiger partial charge in [-0.05, 0) is 64.5 Å². The number of alkyl halides is 2. The molecule has 0 N–H and O–H groups in total. The monoisotopic (exact) mass is 423 g/mol. The molecule has 2 aliphatic heterocycles. The topological polar surface area (TPSA) is 54.9 Å². The Morgan fingerprint density at radius 1 is 1.27 bits per heavy atom. The number of amides is 1. The van der Waals surface area contributed by atoms with Crippen LogP contribution in [0.25, 0.3) is 0 Å². The second-order valence-electron chi connectivity index (χ2n) is 9.74. The number of hydrogen-bond donors (Lipinski definition) is 0. The molecule has 1 saturated heterocycles. The normalized spacial score (nSPS) is 24.7. The first kappa shape index (κ1) is 21.3. The highest BCUT2D eigenvalue weighted by molar-refractivity contribution is 5.69. The number of piperazine rings is 1. The second kappa shape index (κ2) is 7.62. The van der Waals surface area contributed by atoms with Gasteiger partial charge in [0.05, 0.1) is 12.1 Å². The van der Waals surface area contributed by atoms with E-state index in [1.54, 1.807) is 12.0 Å². The number of aromatic nitrogens is 1. The molecule has 1 unspecified atom stereocenters. The van der Waals surface area contributed by atoms with Gasteiger partial charge in [-0.15, -0.1) is 0 Å². The van der Waals surface area contributed by atoms with Crippen LogP contribution in [0.15, 0.2) is 6.07 Å². The molecule has 3 heterocycles. The van der Waals surface area contributed by atoms with Crippen molar-refractivity contribution in [3.05, 3.63) is 22.9 Å². The van der Waals surface area contributed by atoms with Gasteiger partial charge in [0.15, 0.2) is 0 Å². The van der Waals surface area contributed by atoms with E-state index in [4.69, 9.17) is 9.47 Å². The average molecular weight is 424 g/mol. The predicted octanol–water partition coefficient (Wildman–Crippen LogP) is 4.49. The van der Waals surface area contributed by atoms with Gasteiger partial charge in [0.25, 0.3) is 6.43 Å². The molecule has 0 aromatic carbocycles. The summed E-state index contributed by atoms with van der Waals surface area (Å²) in [5, 5.41) is 0. The minimum absolute atomic E-state index is 0.00598. The largest absolute Gasteiger partial charge is 0.444 e. The Balaban J connectivity index is 1.62. The lowest BCUT2D eigenvalue weighted by molar-refractivity contribution is 0.0191. The number of nitrogens with zero attached hydrogens (tertiary/aromatic N) is 3. The van der Waals surface area contributed by atoms with E-state index in [2.05, 4.69) is 9.88 Å². The van der Waals surface area contributed by atoms with E-state index in [1.165, 1.54) is 0 Å². The zero-order valence-electron chi connectivity index (χ0n) is 18.3. The van der Waals surface area contributed by atoms with Crippen LogP contribution in [-0.4, -0.2) is 53.9 Å². The molecule has 6 nitrogen and oxygen atoms in total. The van der Waals surface area contributed by atoms with Gasteiger partial charge in [-0.25, -0.2) is 18.6 Å². The van der Waals surface area contributed by atoms with Gasteiger partial charge in [-0.1, -0.05) is 0 Å². The Kier molecular flexibility index (Phi) is 5.41. The third-order valence-electron chi connectivity index (χ3n) is 6.09. The van der Waals surface area contributed by atoms with Gasteiger partial charge in [0.1, 0.15) is 17.1 Å². The Bertz CT molecular complexity index is 823. The standard InChI is InChI=1S/C22H31F2N3O3/c1-12-10-26(21(28)30-22(2,3)4)11-15-8-14-9-16(18(29-5)13-6-7-13)17(19(23)24)25-20(14)27(12)15/h9,12-13,15,18-19H,6-8,10-11H2,1-5H3/t12-,15-,18?/m1/s1. The molecule has 1 aliphatic carbocycles. The van der Waals surface area contributed by atoms with E-state index in [0.29, 0.717) is 30.9 Å². The summed E-state index contributed by atoms with van der Waals surface area (Å²) >= 11 is 0. The smallest absolute Gasteiger partial charge is 0.410 e. The molecule has 3 aliphatic rings. The molecule has 0 spiro atoms. The minimum Gasteiger partial charge on any atom is -0.444 e. The molecular formula is C22H31F2N3O3. The molecule has 1 aromatic rings. The van der Waals surface area contributed by atoms with Crippen LogP contribution in [0.3, 0.4) is 0 Å². The van der Waals surface area contributed by atoms with Gasteiger partial charge in [-0.2, -0.15) is 0 Å². The highest BCUT2D eigenvalue weighted by Gasteiger charge is 2.43. The first-order chi connectivity index (χ1) is 14.1. The average Bonchev–Trinajstić information content (AvgIpc) is 3.39. The summed E-state index contributed by atoms with van der Waals surface area (Å²) in [6, 6.07) is 1.84. The molecule has 1 aromatic heterocycles.